The molecule has 6 heteroatoms. The van der Waals surface area contributed by atoms with Gasteiger partial charge in [0, 0.05) is 26.0 Å². The predicted octanol–water partition coefficient (Wildman–Crippen LogP) is 1.87. The highest BCUT2D eigenvalue weighted by atomic mass is 16.5. The third-order valence-corrected chi connectivity index (χ3v) is 3.94. The summed E-state index contributed by atoms with van der Waals surface area (Å²) in [5.74, 6) is 0.480. The Bertz CT molecular complexity index is 684. The van der Waals surface area contributed by atoms with Gasteiger partial charge in [0.15, 0.2) is 0 Å². The lowest BCUT2D eigenvalue weighted by molar-refractivity contribution is -0.121. The second-order valence-electron chi connectivity index (χ2n) is 5.61. The first-order valence-electron chi connectivity index (χ1n) is 7.94. The van der Waals surface area contributed by atoms with Crippen molar-refractivity contribution in [3.8, 4) is 5.88 Å². The second-order valence-corrected chi connectivity index (χ2v) is 5.61. The molecule has 0 saturated carbocycles. The number of carbonyl (C=O) groups excluding carboxylic acids is 1. The molecule has 3 rings (SSSR count). The Kier molecular flexibility index (Phi) is 5.02. The van der Waals surface area contributed by atoms with Crippen LogP contribution in [0.2, 0.25) is 0 Å². The van der Waals surface area contributed by atoms with E-state index >= 15 is 0 Å². The maximum atomic E-state index is 12.0. The molecule has 0 spiro atoms. The van der Waals surface area contributed by atoms with E-state index in [1.165, 1.54) is 0 Å². The first-order valence-corrected chi connectivity index (χ1v) is 7.94. The lowest BCUT2D eigenvalue weighted by Gasteiger charge is -2.11. The normalized spacial score (nSPS) is 17.3. The standard InChI is InChI=1S/C17H21N3O3/c1-22-17-15(19-13-6-2-3-7-14(13)20-17)8-9-16(21)18-11-12-5-4-10-23-12/h2-3,6-7,12H,4-5,8-11H2,1H3,(H,18,21)/t12-/m0/s1. The maximum Gasteiger partial charge on any atom is 0.235 e. The Morgan fingerprint density at radius 1 is 1.35 bits per heavy atom. The van der Waals surface area contributed by atoms with Gasteiger partial charge in [-0.3, -0.25) is 4.79 Å². The summed E-state index contributed by atoms with van der Waals surface area (Å²) < 4.78 is 10.8. The Morgan fingerprint density at radius 3 is 2.83 bits per heavy atom. The molecule has 1 aliphatic heterocycles. The zero-order valence-corrected chi connectivity index (χ0v) is 13.2. The molecule has 6 nitrogen and oxygen atoms in total. The lowest BCUT2D eigenvalue weighted by Crippen LogP contribution is -2.31. The molecule has 2 aromatic rings. The average molecular weight is 315 g/mol. The van der Waals surface area contributed by atoms with Gasteiger partial charge in [-0.25, -0.2) is 9.97 Å². The molecular formula is C17H21N3O3. The van der Waals surface area contributed by atoms with Gasteiger partial charge >= 0.3 is 0 Å². The number of nitrogens with zero attached hydrogens (tertiary/aromatic N) is 2. The van der Waals surface area contributed by atoms with Crippen molar-refractivity contribution >= 4 is 16.9 Å². The van der Waals surface area contributed by atoms with E-state index in [0.29, 0.717) is 31.0 Å². The average Bonchev–Trinajstić information content (AvgIpc) is 3.10. The van der Waals surface area contributed by atoms with Crippen molar-refractivity contribution in [3.05, 3.63) is 30.0 Å². The molecule has 0 aliphatic carbocycles. The van der Waals surface area contributed by atoms with Gasteiger partial charge in [-0.1, -0.05) is 12.1 Å². The van der Waals surface area contributed by atoms with E-state index in [0.717, 1.165) is 30.5 Å². The first-order chi connectivity index (χ1) is 11.3. The molecule has 1 aromatic heterocycles. The Hall–Kier alpha value is -2.21. The third kappa shape index (κ3) is 3.96. The highest BCUT2D eigenvalue weighted by molar-refractivity contribution is 5.77. The van der Waals surface area contributed by atoms with Crippen molar-refractivity contribution in [3.63, 3.8) is 0 Å². The molecule has 0 radical (unpaired) electrons. The van der Waals surface area contributed by atoms with Gasteiger partial charge in [-0.15, -0.1) is 0 Å². The highest BCUT2D eigenvalue weighted by Gasteiger charge is 2.17. The number of benzene rings is 1. The minimum atomic E-state index is -0.00230. The van der Waals surface area contributed by atoms with E-state index < -0.39 is 0 Å². The summed E-state index contributed by atoms with van der Waals surface area (Å²) in [6.45, 7) is 1.38. The lowest BCUT2D eigenvalue weighted by atomic mass is 10.2. The fourth-order valence-electron chi connectivity index (χ4n) is 2.70. The van der Waals surface area contributed by atoms with Crippen LogP contribution in [0.1, 0.15) is 25.0 Å². The van der Waals surface area contributed by atoms with Crippen molar-refractivity contribution in [2.45, 2.75) is 31.8 Å². The van der Waals surface area contributed by atoms with Crippen LogP contribution in [0.25, 0.3) is 11.0 Å². The van der Waals surface area contributed by atoms with Gasteiger partial charge < -0.3 is 14.8 Å². The molecule has 122 valence electrons. The van der Waals surface area contributed by atoms with Crippen LogP contribution in [0.15, 0.2) is 24.3 Å². The van der Waals surface area contributed by atoms with Crippen LogP contribution in [0, 0.1) is 0 Å². The van der Waals surface area contributed by atoms with Crippen LogP contribution in [-0.4, -0.2) is 42.2 Å². The number of amides is 1. The molecule has 1 amide bonds. The molecule has 1 aliphatic rings. The van der Waals surface area contributed by atoms with E-state index in [1.54, 1.807) is 7.11 Å². The van der Waals surface area contributed by atoms with Crippen molar-refractivity contribution in [2.75, 3.05) is 20.3 Å². The van der Waals surface area contributed by atoms with Crippen molar-refractivity contribution in [2.24, 2.45) is 0 Å². The van der Waals surface area contributed by atoms with Crippen molar-refractivity contribution < 1.29 is 14.3 Å². The zero-order valence-electron chi connectivity index (χ0n) is 13.2. The minimum absolute atomic E-state index is 0.00230. The molecule has 1 fully saturated rings. The Labute approximate surface area is 135 Å². The number of nitrogens with one attached hydrogen (secondary N) is 1. The van der Waals surface area contributed by atoms with Gasteiger partial charge in [-0.05, 0) is 25.0 Å². The van der Waals surface area contributed by atoms with Gasteiger partial charge in [0.25, 0.3) is 0 Å². The molecule has 23 heavy (non-hydrogen) atoms. The molecule has 0 bridgehead atoms. The van der Waals surface area contributed by atoms with E-state index in [4.69, 9.17) is 9.47 Å². The van der Waals surface area contributed by atoms with Gasteiger partial charge in [0.05, 0.1) is 24.2 Å². The van der Waals surface area contributed by atoms with E-state index in [2.05, 4.69) is 15.3 Å². The smallest absolute Gasteiger partial charge is 0.235 e. The minimum Gasteiger partial charge on any atom is -0.480 e. The van der Waals surface area contributed by atoms with Gasteiger partial charge in [0.1, 0.15) is 5.69 Å². The van der Waals surface area contributed by atoms with E-state index in [-0.39, 0.29) is 12.0 Å². The van der Waals surface area contributed by atoms with Crippen LogP contribution in [0.4, 0.5) is 0 Å². The monoisotopic (exact) mass is 315 g/mol. The highest BCUT2D eigenvalue weighted by Crippen LogP contribution is 2.19. The number of fused-ring (bicyclic) bond motifs is 1. The van der Waals surface area contributed by atoms with E-state index in [1.807, 2.05) is 24.3 Å². The Morgan fingerprint density at radius 2 is 2.13 bits per heavy atom. The summed E-state index contributed by atoms with van der Waals surface area (Å²) in [4.78, 5) is 21.0. The SMILES string of the molecule is COc1nc2ccccc2nc1CCC(=O)NC[C@@H]1CCCO1. The topological polar surface area (TPSA) is 73.3 Å². The molecular weight excluding hydrogens is 294 g/mol. The summed E-state index contributed by atoms with van der Waals surface area (Å²) in [5, 5.41) is 2.92. The second kappa shape index (κ2) is 7.37. The zero-order chi connectivity index (χ0) is 16.1. The number of aromatic nitrogens is 2. The number of aryl methyl sites for hydroxylation is 1. The number of para-hydroxylation sites is 2. The number of methoxy groups -OCH3 is 1. The van der Waals surface area contributed by atoms with Gasteiger partial charge in [0.2, 0.25) is 11.8 Å². The molecule has 2 heterocycles. The van der Waals surface area contributed by atoms with Crippen LogP contribution in [0.5, 0.6) is 5.88 Å². The van der Waals surface area contributed by atoms with Crippen LogP contribution in [-0.2, 0) is 16.0 Å². The van der Waals surface area contributed by atoms with Crippen LogP contribution < -0.4 is 10.1 Å². The van der Waals surface area contributed by atoms with Gasteiger partial charge in [-0.2, -0.15) is 0 Å². The summed E-state index contributed by atoms with van der Waals surface area (Å²) in [5.41, 5.74) is 2.30. The summed E-state index contributed by atoms with van der Waals surface area (Å²) in [7, 11) is 1.57. The predicted molar refractivity (Wildman–Crippen MR) is 86.4 cm³/mol. The molecule has 1 aromatic carbocycles. The first kappa shape index (κ1) is 15.7. The summed E-state index contributed by atoms with van der Waals surface area (Å²) >= 11 is 0. The molecule has 1 saturated heterocycles. The number of carbonyl (C=O) groups is 1. The number of hydrogen-bond acceptors (Lipinski definition) is 5. The van der Waals surface area contributed by atoms with E-state index in [9.17, 15) is 4.79 Å². The number of ether oxygens (including phenoxy) is 2. The Balaban J connectivity index is 1.60. The maximum absolute atomic E-state index is 12.0. The molecule has 1 atom stereocenters. The van der Waals surface area contributed by atoms with Crippen molar-refractivity contribution in [1.82, 2.24) is 15.3 Å². The molecule has 1 N–H and O–H groups in total. The fourth-order valence-corrected chi connectivity index (χ4v) is 2.70. The summed E-state index contributed by atoms with van der Waals surface area (Å²) in [6, 6.07) is 7.63. The molecule has 0 unspecified atom stereocenters. The third-order valence-electron chi connectivity index (χ3n) is 3.94. The van der Waals surface area contributed by atoms with Crippen LogP contribution in [0.3, 0.4) is 0 Å². The fraction of sp³-hybridized carbons (Fsp3) is 0.471. The van der Waals surface area contributed by atoms with Crippen LogP contribution >= 0.6 is 0 Å². The van der Waals surface area contributed by atoms with Crippen molar-refractivity contribution in [1.29, 1.82) is 0 Å². The number of rotatable bonds is 6. The largest absolute Gasteiger partial charge is 0.480 e. The summed E-state index contributed by atoms with van der Waals surface area (Å²) in [6.07, 6.45) is 3.11. The number of hydrogen-bond donors (Lipinski definition) is 1. The quantitative estimate of drug-likeness (QED) is 0.881.